The number of amides is 1. The number of ether oxygens (including phenoxy) is 1. The van der Waals surface area contributed by atoms with Crippen molar-refractivity contribution < 1.29 is 18.7 Å². The highest BCUT2D eigenvalue weighted by molar-refractivity contribution is 6.42. The molecule has 0 aliphatic heterocycles. The number of para-hydroxylation sites is 2. The lowest BCUT2D eigenvalue weighted by atomic mass is 10.3. The minimum Gasteiger partial charge on any atom is -0.456 e. The van der Waals surface area contributed by atoms with Crippen LogP contribution >= 0.6 is 23.2 Å². The van der Waals surface area contributed by atoms with Crippen molar-refractivity contribution in [3.63, 3.8) is 0 Å². The number of aryl methyl sites for hydroxylation is 1. The van der Waals surface area contributed by atoms with E-state index in [1.54, 1.807) is 36.4 Å². The summed E-state index contributed by atoms with van der Waals surface area (Å²) in [6, 6.07) is 11.5. The second kappa shape index (κ2) is 8.28. The van der Waals surface area contributed by atoms with Crippen LogP contribution in [0.5, 0.6) is 0 Å². The maximum Gasteiger partial charge on any atom is 0.419 e. The molecule has 2 aromatic carbocycles. The number of rotatable bonds is 6. The zero-order chi connectivity index (χ0) is 19.4. The van der Waals surface area contributed by atoms with E-state index in [1.165, 1.54) is 10.6 Å². The lowest BCUT2D eigenvalue weighted by molar-refractivity contribution is -0.147. The van der Waals surface area contributed by atoms with Gasteiger partial charge in [0, 0.05) is 12.2 Å². The maximum absolute atomic E-state index is 11.9. The summed E-state index contributed by atoms with van der Waals surface area (Å²) in [5.41, 5.74) is 1.46. The van der Waals surface area contributed by atoms with Gasteiger partial charge in [-0.25, -0.2) is 4.79 Å². The molecule has 1 aromatic heterocycles. The lowest BCUT2D eigenvalue weighted by Crippen LogP contribution is -2.22. The molecule has 0 saturated carbocycles. The molecule has 1 heterocycles. The fourth-order valence-electron chi connectivity index (χ4n) is 2.42. The molecule has 7 nitrogen and oxygen atoms in total. The quantitative estimate of drug-likeness (QED) is 0.630. The third-order valence-corrected chi connectivity index (χ3v) is 4.42. The van der Waals surface area contributed by atoms with E-state index in [1.807, 2.05) is 0 Å². The summed E-state index contributed by atoms with van der Waals surface area (Å²) in [5.74, 6) is -1.69. The standard InChI is InChI=1S/C18H14Cl2N2O5/c19-12-6-5-11(9-13(12)20)21-16(23)10-26-17(24)7-8-22-14-3-1-2-4-15(14)27-18(22)25/h1-6,9H,7-8,10H2,(H,21,23). The number of nitrogens with one attached hydrogen (secondary N) is 1. The molecule has 1 N–H and O–H groups in total. The van der Waals surface area contributed by atoms with Crippen LogP contribution in [0, 0.1) is 0 Å². The molecule has 0 aliphatic carbocycles. The smallest absolute Gasteiger partial charge is 0.419 e. The predicted octanol–water partition coefficient (Wildman–Crippen LogP) is 3.47. The van der Waals surface area contributed by atoms with Crippen molar-refractivity contribution in [2.24, 2.45) is 0 Å². The highest BCUT2D eigenvalue weighted by atomic mass is 35.5. The molecule has 140 valence electrons. The first-order valence-corrected chi connectivity index (χ1v) is 8.68. The molecule has 0 fully saturated rings. The Morgan fingerprint density at radius 3 is 2.67 bits per heavy atom. The Morgan fingerprint density at radius 1 is 1.11 bits per heavy atom. The van der Waals surface area contributed by atoms with E-state index >= 15 is 0 Å². The van der Waals surface area contributed by atoms with Crippen LogP contribution in [0.3, 0.4) is 0 Å². The molecule has 0 spiro atoms. The van der Waals surface area contributed by atoms with Gasteiger partial charge in [-0.05, 0) is 30.3 Å². The molecule has 0 bridgehead atoms. The summed E-state index contributed by atoms with van der Waals surface area (Å²) in [6.07, 6.45) is -0.0799. The SMILES string of the molecule is O=C(COC(=O)CCn1c(=O)oc2ccccc21)Nc1ccc(Cl)c(Cl)c1. The highest BCUT2D eigenvalue weighted by Crippen LogP contribution is 2.24. The van der Waals surface area contributed by atoms with Crippen LogP contribution in [-0.2, 0) is 20.9 Å². The first-order valence-electron chi connectivity index (χ1n) is 7.93. The third-order valence-electron chi connectivity index (χ3n) is 3.68. The van der Waals surface area contributed by atoms with Crippen LogP contribution in [-0.4, -0.2) is 23.1 Å². The van der Waals surface area contributed by atoms with Gasteiger partial charge in [-0.1, -0.05) is 35.3 Å². The summed E-state index contributed by atoms with van der Waals surface area (Å²) < 4.78 is 11.3. The average Bonchev–Trinajstić information content (AvgIpc) is 2.96. The van der Waals surface area contributed by atoms with Gasteiger partial charge in [0.05, 0.1) is 22.0 Å². The van der Waals surface area contributed by atoms with Gasteiger partial charge in [0.2, 0.25) is 0 Å². The number of carbonyl (C=O) groups is 2. The van der Waals surface area contributed by atoms with Crippen LogP contribution in [0.4, 0.5) is 5.69 Å². The fourth-order valence-corrected chi connectivity index (χ4v) is 2.72. The second-order valence-electron chi connectivity index (χ2n) is 5.58. The van der Waals surface area contributed by atoms with Gasteiger partial charge in [0.15, 0.2) is 12.2 Å². The van der Waals surface area contributed by atoms with Gasteiger partial charge in [-0.15, -0.1) is 0 Å². The first kappa shape index (κ1) is 19.0. The number of benzene rings is 2. The Hall–Kier alpha value is -2.77. The fraction of sp³-hybridized carbons (Fsp3) is 0.167. The topological polar surface area (TPSA) is 90.5 Å². The van der Waals surface area contributed by atoms with E-state index in [9.17, 15) is 14.4 Å². The van der Waals surface area contributed by atoms with Gasteiger partial charge in [-0.3, -0.25) is 14.2 Å². The predicted molar refractivity (Wildman–Crippen MR) is 101 cm³/mol. The molecule has 27 heavy (non-hydrogen) atoms. The highest BCUT2D eigenvalue weighted by Gasteiger charge is 2.12. The number of fused-ring (bicyclic) bond motifs is 1. The number of hydrogen-bond donors (Lipinski definition) is 1. The molecular weight excluding hydrogens is 395 g/mol. The second-order valence-corrected chi connectivity index (χ2v) is 6.39. The van der Waals surface area contributed by atoms with Crippen LogP contribution in [0.1, 0.15) is 6.42 Å². The molecule has 0 saturated heterocycles. The monoisotopic (exact) mass is 408 g/mol. The number of nitrogens with zero attached hydrogens (tertiary/aromatic N) is 1. The number of anilines is 1. The van der Waals surface area contributed by atoms with E-state index in [0.29, 0.717) is 26.8 Å². The van der Waals surface area contributed by atoms with E-state index < -0.39 is 24.2 Å². The van der Waals surface area contributed by atoms with Gasteiger partial charge < -0.3 is 14.5 Å². The van der Waals surface area contributed by atoms with Crippen molar-refractivity contribution >= 4 is 51.9 Å². The number of carbonyl (C=O) groups excluding carboxylic acids is 2. The first-order chi connectivity index (χ1) is 12.9. The Kier molecular flexibility index (Phi) is 5.83. The summed E-state index contributed by atoms with van der Waals surface area (Å²) in [7, 11) is 0. The molecule has 0 unspecified atom stereocenters. The molecule has 9 heteroatoms. The molecular formula is C18H14Cl2N2O5. The van der Waals surface area contributed by atoms with Crippen molar-refractivity contribution in [1.82, 2.24) is 4.57 Å². The summed E-state index contributed by atoms with van der Waals surface area (Å²) in [6.45, 7) is -0.372. The molecule has 0 radical (unpaired) electrons. The third kappa shape index (κ3) is 4.69. The van der Waals surface area contributed by atoms with Crippen molar-refractivity contribution in [3.8, 4) is 0 Å². The molecule has 3 rings (SSSR count). The molecule has 1 amide bonds. The van der Waals surface area contributed by atoms with Gasteiger partial charge >= 0.3 is 11.7 Å². The van der Waals surface area contributed by atoms with Crippen molar-refractivity contribution in [2.75, 3.05) is 11.9 Å². The number of aromatic nitrogens is 1. The number of esters is 1. The van der Waals surface area contributed by atoms with E-state index in [2.05, 4.69) is 5.32 Å². The Bertz CT molecular complexity index is 1060. The van der Waals surface area contributed by atoms with Crippen LogP contribution in [0.15, 0.2) is 51.7 Å². The molecule has 0 aliphatic rings. The summed E-state index contributed by atoms with van der Waals surface area (Å²) in [5, 5.41) is 3.20. The Morgan fingerprint density at radius 2 is 1.89 bits per heavy atom. The number of halogens is 2. The Labute approximate surface area is 163 Å². The van der Waals surface area contributed by atoms with Crippen molar-refractivity contribution in [1.29, 1.82) is 0 Å². The maximum atomic E-state index is 11.9. The normalized spacial score (nSPS) is 10.7. The van der Waals surface area contributed by atoms with E-state index in [-0.39, 0.29) is 13.0 Å². The van der Waals surface area contributed by atoms with Crippen molar-refractivity contribution in [3.05, 3.63) is 63.1 Å². The number of hydrogen-bond acceptors (Lipinski definition) is 5. The van der Waals surface area contributed by atoms with Gasteiger partial charge in [0.25, 0.3) is 5.91 Å². The Balaban J connectivity index is 1.50. The minimum atomic E-state index is -0.614. The van der Waals surface area contributed by atoms with Gasteiger partial charge in [-0.2, -0.15) is 0 Å². The minimum absolute atomic E-state index is 0.0799. The van der Waals surface area contributed by atoms with Crippen LogP contribution in [0.2, 0.25) is 10.0 Å². The average molecular weight is 409 g/mol. The van der Waals surface area contributed by atoms with E-state index in [4.69, 9.17) is 32.4 Å². The van der Waals surface area contributed by atoms with Crippen LogP contribution < -0.4 is 11.1 Å². The summed E-state index contributed by atoms with van der Waals surface area (Å²) >= 11 is 11.7. The largest absolute Gasteiger partial charge is 0.456 e. The zero-order valence-electron chi connectivity index (χ0n) is 13.9. The zero-order valence-corrected chi connectivity index (χ0v) is 15.4. The van der Waals surface area contributed by atoms with Gasteiger partial charge in [0.1, 0.15) is 0 Å². The molecule has 0 atom stereocenters. The number of oxazole rings is 1. The summed E-state index contributed by atoms with van der Waals surface area (Å²) in [4.78, 5) is 35.5. The van der Waals surface area contributed by atoms with Crippen molar-refractivity contribution in [2.45, 2.75) is 13.0 Å². The van der Waals surface area contributed by atoms with Crippen LogP contribution in [0.25, 0.3) is 11.1 Å². The lowest BCUT2D eigenvalue weighted by Gasteiger charge is -2.07. The van der Waals surface area contributed by atoms with E-state index in [0.717, 1.165) is 0 Å². The molecule has 3 aromatic rings.